The molecule has 0 aliphatic heterocycles. The topological polar surface area (TPSA) is 17.1 Å². The van der Waals surface area contributed by atoms with Gasteiger partial charge in [-0.3, -0.25) is 4.79 Å². The molecule has 0 aliphatic rings. The zero-order chi connectivity index (χ0) is 10.7. The summed E-state index contributed by atoms with van der Waals surface area (Å²) in [6, 6.07) is 4.43. The summed E-state index contributed by atoms with van der Waals surface area (Å²) >= 11 is 5.52. The third-order valence-corrected chi connectivity index (χ3v) is 2.19. The summed E-state index contributed by atoms with van der Waals surface area (Å²) in [6.45, 7) is 3.16. The molecule has 1 aromatic rings. The van der Waals surface area contributed by atoms with Gasteiger partial charge in [0.2, 0.25) is 0 Å². The van der Waals surface area contributed by atoms with Crippen molar-refractivity contribution >= 4 is 23.5 Å². The molecule has 0 aliphatic carbocycles. The van der Waals surface area contributed by atoms with Crippen LogP contribution in [-0.4, -0.2) is 5.78 Å². The maximum atomic E-state index is 13.0. The van der Waals surface area contributed by atoms with Crippen molar-refractivity contribution in [1.29, 1.82) is 0 Å². The first-order chi connectivity index (χ1) is 6.50. The maximum Gasteiger partial charge on any atom is 0.155 e. The third kappa shape index (κ3) is 2.67. The highest BCUT2D eigenvalue weighted by Crippen LogP contribution is 2.17. The Morgan fingerprint density at radius 3 is 2.57 bits per heavy atom. The summed E-state index contributed by atoms with van der Waals surface area (Å²) in [5.74, 6) is -0.503. The standard InChI is InChI=1S/C11H10ClFO/c1-7(8(2)14)5-9-3-4-10(12)11(13)6-9/h3-6H,1-2H3/b7-5+. The molecule has 14 heavy (non-hydrogen) atoms. The van der Waals surface area contributed by atoms with E-state index in [1.54, 1.807) is 19.1 Å². The van der Waals surface area contributed by atoms with Crippen LogP contribution in [0.2, 0.25) is 5.02 Å². The van der Waals surface area contributed by atoms with Crippen LogP contribution >= 0.6 is 11.6 Å². The summed E-state index contributed by atoms with van der Waals surface area (Å²) < 4.78 is 13.0. The molecular formula is C11H10ClFO. The summed E-state index contributed by atoms with van der Waals surface area (Å²) in [5.41, 5.74) is 1.23. The molecule has 74 valence electrons. The number of rotatable bonds is 2. The van der Waals surface area contributed by atoms with Crippen LogP contribution in [0.4, 0.5) is 4.39 Å². The van der Waals surface area contributed by atoms with Gasteiger partial charge in [0.1, 0.15) is 5.82 Å². The maximum absolute atomic E-state index is 13.0. The average molecular weight is 213 g/mol. The molecule has 0 atom stereocenters. The fraction of sp³-hybridized carbons (Fsp3) is 0.182. The number of benzene rings is 1. The number of Topliss-reactive ketones (excluding diaryl/α,β-unsaturated/α-hetero) is 1. The van der Waals surface area contributed by atoms with Gasteiger partial charge in [-0.2, -0.15) is 0 Å². The molecule has 1 nitrogen and oxygen atoms in total. The fourth-order valence-corrected chi connectivity index (χ4v) is 1.07. The first kappa shape index (κ1) is 10.9. The Labute approximate surface area is 87.2 Å². The largest absolute Gasteiger partial charge is 0.295 e. The Bertz CT molecular complexity index is 396. The molecule has 0 fully saturated rings. The Balaban J connectivity index is 3.04. The highest BCUT2D eigenvalue weighted by Gasteiger charge is 2.01. The molecule has 0 saturated heterocycles. The number of hydrogen-bond acceptors (Lipinski definition) is 1. The normalized spacial score (nSPS) is 11.6. The van der Waals surface area contributed by atoms with Gasteiger partial charge in [-0.25, -0.2) is 4.39 Å². The Morgan fingerprint density at radius 1 is 1.43 bits per heavy atom. The van der Waals surface area contributed by atoms with Gasteiger partial charge in [0.25, 0.3) is 0 Å². The van der Waals surface area contributed by atoms with E-state index in [0.717, 1.165) is 0 Å². The monoisotopic (exact) mass is 212 g/mol. The SMILES string of the molecule is CC(=O)/C(C)=C/c1ccc(Cl)c(F)c1. The van der Waals surface area contributed by atoms with E-state index in [0.29, 0.717) is 11.1 Å². The highest BCUT2D eigenvalue weighted by atomic mass is 35.5. The van der Waals surface area contributed by atoms with Gasteiger partial charge in [-0.15, -0.1) is 0 Å². The predicted molar refractivity (Wildman–Crippen MR) is 55.7 cm³/mol. The molecule has 1 aromatic carbocycles. The molecule has 0 heterocycles. The van der Waals surface area contributed by atoms with Crippen LogP contribution in [0.25, 0.3) is 6.08 Å². The lowest BCUT2D eigenvalue weighted by Gasteiger charge is -1.98. The lowest BCUT2D eigenvalue weighted by molar-refractivity contribution is -0.113. The molecule has 0 saturated carbocycles. The van der Waals surface area contributed by atoms with Gasteiger partial charge in [0, 0.05) is 0 Å². The smallest absolute Gasteiger partial charge is 0.155 e. The van der Waals surface area contributed by atoms with Gasteiger partial charge in [-0.1, -0.05) is 17.7 Å². The Kier molecular flexibility index (Phi) is 3.42. The van der Waals surface area contributed by atoms with Gasteiger partial charge in [0.15, 0.2) is 5.78 Å². The number of carbonyl (C=O) groups is 1. The minimum Gasteiger partial charge on any atom is -0.295 e. The van der Waals surface area contributed by atoms with Crippen LogP contribution < -0.4 is 0 Å². The van der Waals surface area contributed by atoms with E-state index in [4.69, 9.17) is 11.6 Å². The minimum atomic E-state index is -0.475. The third-order valence-electron chi connectivity index (χ3n) is 1.88. The van der Waals surface area contributed by atoms with Crippen molar-refractivity contribution in [2.75, 3.05) is 0 Å². The number of halogens is 2. The van der Waals surface area contributed by atoms with Crippen molar-refractivity contribution in [3.63, 3.8) is 0 Å². The number of allylic oxidation sites excluding steroid dienone is 1. The van der Waals surface area contributed by atoms with E-state index in [-0.39, 0.29) is 10.8 Å². The van der Waals surface area contributed by atoms with Crippen LogP contribution in [0.1, 0.15) is 19.4 Å². The van der Waals surface area contributed by atoms with Crippen molar-refractivity contribution in [3.8, 4) is 0 Å². The molecule has 0 aromatic heterocycles. The van der Waals surface area contributed by atoms with E-state index in [1.807, 2.05) is 0 Å². The number of ketones is 1. The van der Waals surface area contributed by atoms with Crippen LogP contribution in [-0.2, 0) is 4.79 Å². The molecule has 0 amide bonds. The van der Waals surface area contributed by atoms with E-state index in [1.165, 1.54) is 19.1 Å². The van der Waals surface area contributed by atoms with Crippen molar-refractivity contribution in [1.82, 2.24) is 0 Å². The zero-order valence-corrected chi connectivity index (χ0v) is 8.73. The predicted octanol–water partition coefficient (Wildman–Crippen LogP) is 3.47. The number of carbonyl (C=O) groups excluding carboxylic acids is 1. The molecule has 0 spiro atoms. The molecule has 0 radical (unpaired) electrons. The van der Waals surface area contributed by atoms with E-state index in [9.17, 15) is 9.18 Å². The number of hydrogen-bond donors (Lipinski definition) is 0. The molecular weight excluding hydrogens is 203 g/mol. The highest BCUT2D eigenvalue weighted by molar-refractivity contribution is 6.30. The second-order valence-corrected chi connectivity index (χ2v) is 3.46. The van der Waals surface area contributed by atoms with Gasteiger partial charge < -0.3 is 0 Å². The summed E-state index contributed by atoms with van der Waals surface area (Å²) in [5, 5.41) is 0.0858. The Hall–Kier alpha value is -1.15. The first-order valence-corrected chi connectivity index (χ1v) is 4.53. The van der Waals surface area contributed by atoms with Crippen LogP contribution in [0.15, 0.2) is 23.8 Å². The lowest BCUT2D eigenvalue weighted by Crippen LogP contribution is -1.91. The molecule has 0 bridgehead atoms. The zero-order valence-electron chi connectivity index (χ0n) is 7.97. The summed E-state index contributed by atoms with van der Waals surface area (Å²) in [6.07, 6.45) is 1.63. The average Bonchev–Trinajstić information content (AvgIpc) is 2.11. The summed E-state index contributed by atoms with van der Waals surface area (Å²) in [7, 11) is 0. The first-order valence-electron chi connectivity index (χ1n) is 4.15. The van der Waals surface area contributed by atoms with Crippen molar-refractivity contribution in [2.24, 2.45) is 0 Å². The molecule has 1 rings (SSSR count). The van der Waals surface area contributed by atoms with Gasteiger partial charge in [-0.05, 0) is 43.2 Å². The van der Waals surface area contributed by atoms with E-state index < -0.39 is 5.82 Å². The summed E-state index contributed by atoms with van der Waals surface area (Å²) in [4.78, 5) is 10.9. The van der Waals surface area contributed by atoms with Gasteiger partial charge in [0.05, 0.1) is 5.02 Å². The minimum absolute atomic E-state index is 0.0274. The van der Waals surface area contributed by atoms with E-state index >= 15 is 0 Å². The molecule has 0 N–H and O–H groups in total. The molecule has 3 heteroatoms. The second-order valence-electron chi connectivity index (χ2n) is 3.06. The van der Waals surface area contributed by atoms with Crippen LogP contribution in [0.5, 0.6) is 0 Å². The van der Waals surface area contributed by atoms with Crippen LogP contribution in [0, 0.1) is 5.82 Å². The van der Waals surface area contributed by atoms with Crippen LogP contribution in [0.3, 0.4) is 0 Å². The second kappa shape index (κ2) is 4.38. The quantitative estimate of drug-likeness (QED) is 0.686. The van der Waals surface area contributed by atoms with Crippen molar-refractivity contribution < 1.29 is 9.18 Å². The molecule has 0 unspecified atom stereocenters. The Morgan fingerprint density at radius 2 is 2.07 bits per heavy atom. The van der Waals surface area contributed by atoms with Crippen molar-refractivity contribution in [2.45, 2.75) is 13.8 Å². The van der Waals surface area contributed by atoms with Gasteiger partial charge >= 0.3 is 0 Å². The van der Waals surface area contributed by atoms with E-state index in [2.05, 4.69) is 0 Å². The fourth-order valence-electron chi connectivity index (χ4n) is 0.954. The van der Waals surface area contributed by atoms with Crippen molar-refractivity contribution in [3.05, 3.63) is 40.2 Å². The lowest BCUT2D eigenvalue weighted by atomic mass is 10.1.